The van der Waals surface area contributed by atoms with Crippen LogP contribution in [0.4, 0.5) is 0 Å². The van der Waals surface area contributed by atoms with Gasteiger partial charge in [-0.05, 0) is 44.7 Å². The lowest BCUT2D eigenvalue weighted by Crippen LogP contribution is -2.41. The van der Waals surface area contributed by atoms with Crippen LogP contribution in [0.2, 0.25) is 0 Å². The van der Waals surface area contributed by atoms with E-state index in [9.17, 15) is 5.11 Å². The SMILES string of the molecule is CCC1(CO)CCN(Cc2ncc(C)o2)CC1. The van der Waals surface area contributed by atoms with Gasteiger partial charge in [0.05, 0.1) is 12.7 Å². The van der Waals surface area contributed by atoms with Gasteiger partial charge >= 0.3 is 0 Å². The molecule has 0 aliphatic carbocycles. The minimum absolute atomic E-state index is 0.156. The Labute approximate surface area is 103 Å². The van der Waals surface area contributed by atoms with E-state index in [1.807, 2.05) is 6.92 Å². The summed E-state index contributed by atoms with van der Waals surface area (Å²) in [7, 11) is 0. The summed E-state index contributed by atoms with van der Waals surface area (Å²) in [4.78, 5) is 6.58. The first-order chi connectivity index (χ1) is 8.17. The van der Waals surface area contributed by atoms with Crippen molar-refractivity contribution in [2.24, 2.45) is 5.41 Å². The number of aryl methyl sites for hydroxylation is 1. The number of oxazole rings is 1. The molecule has 0 spiro atoms. The summed E-state index contributed by atoms with van der Waals surface area (Å²) in [6, 6.07) is 0. The van der Waals surface area contributed by atoms with Crippen LogP contribution in [0.25, 0.3) is 0 Å². The van der Waals surface area contributed by atoms with Gasteiger partial charge < -0.3 is 9.52 Å². The van der Waals surface area contributed by atoms with Crippen molar-refractivity contribution in [3.63, 3.8) is 0 Å². The molecule has 0 amide bonds. The molecular formula is C13H22N2O2. The minimum Gasteiger partial charge on any atom is -0.445 e. The molecule has 1 fully saturated rings. The first-order valence-electron chi connectivity index (χ1n) is 6.42. The molecule has 1 aromatic rings. The molecule has 96 valence electrons. The predicted molar refractivity (Wildman–Crippen MR) is 65.6 cm³/mol. The van der Waals surface area contributed by atoms with Crippen LogP contribution in [-0.4, -0.2) is 34.7 Å². The number of likely N-dealkylation sites (tertiary alicyclic amines) is 1. The van der Waals surface area contributed by atoms with Crippen LogP contribution in [-0.2, 0) is 6.54 Å². The fourth-order valence-corrected chi connectivity index (χ4v) is 2.47. The highest BCUT2D eigenvalue weighted by molar-refractivity contribution is 4.92. The number of aromatic nitrogens is 1. The van der Waals surface area contributed by atoms with E-state index in [1.165, 1.54) is 0 Å². The number of hydrogen-bond acceptors (Lipinski definition) is 4. The van der Waals surface area contributed by atoms with E-state index in [2.05, 4.69) is 16.8 Å². The van der Waals surface area contributed by atoms with Crippen LogP contribution in [0.3, 0.4) is 0 Å². The average molecular weight is 238 g/mol. The predicted octanol–water partition coefficient (Wildman–Crippen LogP) is 1.97. The lowest BCUT2D eigenvalue weighted by molar-refractivity contribution is 0.0354. The quantitative estimate of drug-likeness (QED) is 0.871. The lowest BCUT2D eigenvalue weighted by atomic mass is 9.77. The van der Waals surface area contributed by atoms with Crippen molar-refractivity contribution in [1.82, 2.24) is 9.88 Å². The van der Waals surface area contributed by atoms with Gasteiger partial charge in [0.2, 0.25) is 5.89 Å². The van der Waals surface area contributed by atoms with E-state index in [4.69, 9.17) is 4.42 Å². The Hall–Kier alpha value is -0.870. The van der Waals surface area contributed by atoms with E-state index < -0.39 is 0 Å². The second-order valence-corrected chi connectivity index (χ2v) is 5.15. The number of aliphatic hydroxyl groups excluding tert-OH is 1. The molecule has 0 bridgehead atoms. The molecule has 1 aliphatic rings. The topological polar surface area (TPSA) is 49.5 Å². The van der Waals surface area contributed by atoms with E-state index in [0.717, 1.165) is 50.5 Å². The Morgan fingerprint density at radius 2 is 2.18 bits per heavy atom. The third-order valence-corrected chi connectivity index (χ3v) is 4.03. The second kappa shape index (κ2) is 5.19. The summed E-state index contributed by atoms with van der Waals surface area (Å²) in [6.07, 6.45) is 4.97. The molecule has 0 unspecified atom stereocenters. The minimum atomic E-state index is 0.156. The molecule has 2 heterocycles. The number of nitrogens with zero attached hydrogens (tertiary/aromatic N) is 2. The zero-order valence-corrected chi connectivity index (χ0v) is 10.8. The molecule has 0 aromatic carbocycles. The molecule has 1 aliphatic heterocycles. The summed E-state index contributed by atoms with van der Waals surface area (Å²) >= 11 is 0. The Morgan fingerprint density at radius 1 is 1.47 bits per heavy atom. The first kappa shape index (κ1) is 12.6. The van der Waals surface area contributed by atoms with Gasteiger partial charge in [-0.25, -0.2) is 4.98 Å². The molecule has 0 radical (unpaired) electrons. The van der Waals surface area contributed by atoms with Gasteiger partial charge in [0.15, 0.2) is 0 Å². The van der Waals surface area contributed by atoms with Crippen LogP contribution in [0.5, 0.6) is 0 Å². The second-order valence-electron chi connectivity index (χ2n) is 5.15. The van der Waals surface area contributed by atoms with E-state index >= 15 is 0 Å². The molecule has 1 saturated heterocycles. The van der Waals surface area contributed by atoms with Crippen molar-refractivity contribution >= 4 is 0 Å². The number of piperidine rings is 1. The van der Waals surface area contributed by atoms with Crippen molar-refractivity contribution in [2.45, 2.75) is 39.7 Å². The number of hydrogen-bond donors (Lipinski definition) is 1. The fourth-order valence-electron chi connectivity index (χ4n) is 2.47. The van der Waals surface area contributed by atoms with Crippen LogP contribution in [0, 0.1) is 12.3 Å². The molecule has 0 saturated carbocycles. The summed E-state index contributed by atoms with van der Waals surface area (Å²) in [5, 5.41) is 9.47. The maximum Gasteiger partial charge on any atom is 0.208 e. The van der Waals surface area contributed by atoms with E-state index in [1.54, 1.807) is 6.20 Å². The van der Waals surface area contributed by atoms with E-state index in [-0.39, 0.29) is 5.41 Å². The van der Waals surface area contributed by atoms with Gasteiger partial charge in [-0.3, -0.25) is 4.90 Å². The van der Waals surface area contributed by atoms with Gasteiger partial charge in [0, 0.05) is 6.61 Å². The number of aliphatic hydroxyl groups is 1. The summed E-state index contributed by atoms with van der Waals surface area (Å²) < 4.78 is 5.49. The summed E-state index contributed by atoms with van der Waals surface area (Å²) in [5.74, 6) is 1.67. The Kier molecular flexibility index (Phi) is 3.84. The zero-order chi connectivity index (χ0) is 12.3. The first-order valence-corrected chi connectivity index (χ1v) is 6.42. The van der Waals surface area contributed by atoms with Crippen molar-refractivity contribution in [2.75, 3.05) is 19.7 Å². The lowest BCUT2D eigenvalue weighted by Gasteiger charge is -2.39. The molecule has 0 atom stereocenters. The smallest absolute Gasteiger partial charge is 0.208 e. The van der Waals surface area contributed by atoms with Gasteiger partial charge in [-0.1, -0.05) is 6.92 Å². The van der Waals surface area contributed by atoms with Crippen molar-refractivity contribution in [3.8, 4) is 0 Å². The average Bonchev–Trinajstić information content (AvgIpc) is 2.76. The molecule has 4 nitrogen and oxygen atoms in total. The third-order valence-electron chi connectivity index (χ3n) is 4.03. The van der Waals surface area contributed by atoms with Crippen molar-refractivity contribution < 1.29 is 9.52 Å². The van der Waals surface area contributed by atoms with E-state index in [0.29, 0.717) is 6.61 Å². The third kappa shape index (κ3) is 2.87. The Balaban J connectivity index is 1.87. The fraction of sp³-hybridized carbons (Fsp3) is 0.769. The van der Waals surface area contributed by atoms with Crippen LogP contribution in [0.15, 0.2) is 10.6 Å². The van der Waals surface area contributed by atoms with Crippen molar-refractivity contribution in [3.05, 3.63) is 17.8 Å². The highest BCUT2D eigenvalue weighted by atomic mass is 16.4. The Bertz CT molecular complexity index is 348. The summed E-state index contributed by atoms with van der Waals surface area (Å²) in [5.41, 5.74) is 0.156. The largest absolute Gasteiger partial charge is 0.445 e. The zero-order valence-electron chi connectivity index (χ0n) is 10.8. The standard InChI is InChI=1S/C13H22N2O2/c1-3-13(10-16)4-6-15(7-5-13)9-12-14-8-11(2)17-12/h8,16H,3-7,9-10H2,1-2H3. The molecule has 1 aromatic heterocycles. The molecule has 1 N–H and O–H groups in total. The Morgan fingerprint density at radius 3 is 2.65 bits per heavy atom. The van der Waals surface area contributed by atoms with Crippen LogP contribution < -0.4 is 0 Å². The van der Waals surface area contributed by atoms with Gasteiger partial charge in [0.25, 0.3) is 0 Å². The maximum atomic E-state index is 9.47. The van der Waals surface area contributed by atoms with Gasteiger partial charge in [0.1, 0.15) is 5.76 Å². The molecule has 4 heteroatoms. The summed E-state index contributed by atoms with van der Waals surface area (Å²) in [6.45, 7) is 7.24. The molecular weight excluding hydrogens is 216 g/mol. The van der Waals surface area contributed by atoms with Crippen molar-refractivity contribution in [1.29, 1.82) is 0 Å². The van der Waals surface area contributed by atoms with Crippen LogP contribution in [0.1, 0.15) is 37.8 Å². The monoisotopic (exact) mass is 238 g/mol. The van der Waals surface area contributed by atoms with Gasteiger partial charge in [-0.2, -0.15) is 0 Å². The number of rotatable bonds is 4. The maximum absolute atomic E-state index is 9.47. The molecule has 2 rings (SSSR count). The normalized spacial score (nSPS) is 20.6. The van der Waals surface area contributed by atoms with Gasteiger partial charge in [-0.15, -0.1) is 0 Å². The highest BCUT2D eigenvalue weighted by Gasteiger charge is 2.32. The highest BCUT2D eigenvalue weighted by Crippen LogP contribution is 2.34. The molecule has 17 heavy (non-hydrogen) atoms. The van der Waals surface area contributed by atoms with Crippen LogP contribution >= 0.6 is 0 Å².